The van der Waals surface area contributed by atoms with Crippen molar-refractivity contribution in [2.45, 2.75) is 20.0 Å². The third-order valence-corrected chi connectivity index (χ3v) is 5.52. The molecule has 7 nitrogen and oxygen atoms in total. The lowest BCUT2D eigenvalue weighted by atomic mass is 10.00. The van der Waals surface area contributed by atoms with Crippen LogP contribution in [0.25, 0.3) is 17.0 Å². The lowest BCUT2D eigenvalue weighted by Gasteiger charge is -2.08. The summed E-state index contributed by atoms with van der Waals surface area (Å²) in [5.74, 6) is -0.0847. The Hall–Kier alpha value is -3.32. The molecule has 1 atom stereocenters. The lowest BCUT2D eigenvalue weighted by molar-refractivity contribution is 0.0453. The lowest BCUT2D eigenvalue weighted by Crippen LogP contribution is -2.21. The second kappa shape index (κ2) is 5.84. The number of nitrogens with one attached hydrogen (secondary N) is 2. The minimum absolute atomic E-state index is 0.324. The molecule has 0 radical (unpaired) electrons. The fourth-order valence-electron chi connectivity index (χ4n) is 3.66. The average molecular weight is 395 g/mol. The van der Waals surface area contributed by atoms with Gasteiger partial charge in [-0.15, -0.1) is 0 Å². The van der Waals surface area contributed by atoms with Gasteiger partial charge in [0.25, 0.3) is 5.56 Å². The normalized spacial score (nSPS) is 15.8. The van der Waals surface area contributed by atoms with Gasteiger partial charge < -0.3 is 9.72 Å². The van der Waals surface area contributed by atoms with Crippen molar-refractivity contribution in [2.75, 3.05) is 0 Å². The summed E-state index contributed by atoms with van der Waals surface area (Å²) in [7, 11) is 0. The molecule has 0 amide bonds. The molecule has 2 aromatic carbocycles. The van der Waals surface area contributed by atoms with Crippen molar-refractivity contribution in [3.05, 3.63) is 79.7 Å². The number of halogens is 1. The van der Waals surface area contributed by atoms with Gasteiger partial charge in [0.15, 0.2) is 6.10 Å². The summed E-state index contributed by atoms with van der Waals surface area (Å²) >= 11 is 6.17. The number of imidazole rings is 1. The number of rotatable bonds is 2. The van der Waals surface area contributed by atoms with Gasteiger partial charge in [0, 0.05) is 16.3 Å². The van der Waals surface area contributed by atoms with Crippen LogP contribution in [0.2, 0.25) is 5.02 Å². The predicted octanol–water partition coefficient (Wildman–Crippen LogP) is 3.57. The molecule has 0 saturated heterocycles. The zero-order valence-corrected chi connectivity index (χ0v) is 15.8. The van der Waals surface area contributed by atoms with Crippen LogP contribution in [-0.2, 0) is 4.74 Å². The highest BCUT2D eigenvalue weighted by Crippen LogP contribution is 2.35. The van der Waals surface area contributed by atoms with E-state index in [1.807, 2.05) is 19.1 Å². The molecule has 1 aliphatic rings. The van der Waals surface area contributed by atoms with Gasteiger partial charge in [-0.3, -0.25) is 9.89 Å². The molecule has 2 aromatic heterocycles. The van der Waals surface area contributed by atoms with Crippen LogP contribution in [0, 0.1) is 13.8 Å². The number of H-pyrrole nitrogens is 2. The molecule has 28 heavy (non-hydrogen) atoms. The van der Waals surface area contributed by atoms with E-state index in [4.69, 9.17) is 16.3 Å². The number of ether oxygens (including phenoxy) is 1. The van der Waals surface area contributed by atoms with Gasteiger partial charge in [-0.2, -0.15) is 4.68 Å². The minimum atomic E-state index is -0.741. The number of aryl methyl sites for hydroxylation is 2. The van der Waals surface area contributed by atoms with Crippen molar-refractivity contribution < 1.29 is 9.53 Å². The fraction of sp³-hybridized carbons (Fsp3) is 0.150. The Morgan fingerprint density at radius 3 is 2.75 bits per heavy atom. The van der Waals surface area contributed by atoms with Crippen molar-refractivity contribution in [1.82, 2.24) is 19.7 Å². The monoisotopic (exact) mass is 394 g/mol. The first-order valence-corrected chi connectivity index (χ1v) is 9.10. The van der Waals surface area contributed by atoms with E-state index in [2.05, 4.69) is 15.1 Å². The highest BCUT2D eigenvalue weighted by molar-refractivity contribution is 6.32. The maximum Gasteiger partial charge on any atom is 0.339 e. The maximum atomic E-state index is 13.2. The first kappa shape index (κ1) is 16.8. The quantitative estimate of drug-likeness (QED) is 0.508. The fourth-order valence-corrected chi connectivity index (χ4v) is 3.81. The van der Waals surface area contributed by atoms with E-state index in [0.717, 1.165) is 11.1 Å². The van der Waals surface area contributed by atoms with Crippen molar-refractivity contribution in [1.29, 1.82) is 0 Å². The topological polar surface area (TPSA) is 92.8 Å². The zero-order valence-electron chi connectivity index (χ0n) is 15.0. The Balaban J connectivity index is 1.67. The minimum Gasteiger partial charge on any atom is -0.449 e. The molecule has 2 N–H and O–H groups in total. The van der Waals surface area contributed by atoms with Gasteiger partial charge in [-0.05, 0) is 37.6 Å². The molecule has 0 fully saturated rings. The maximum absolute atomic E-state index is 13.2. The molecule has 8 heteroatoms. The van der Waals surface area contributed by atoms with Crippen LogP contribution in [0.4, 0.5) is 0 Å². The molecule has 5 rings (SSSR count). The Morgan fingerprint density at radius 2 is 1.93 bits per heavy atom. The van der Waals surface area contributed by atoms with E-state index >= 15 is 0 Å². The SMILES string of the molecule is Cc1[nH]n(-c2nc3c(C)c(Cl)ccc3[nH]2)c(=O)c1C1OC(=O)c2ccccc21. The smallest absolute Gasteiger partial charge is 0.339 e. The van der Waals surface area contributed by atoms with Gasteiger partial charge in [-0.1, -0.05) is 29.8 Å². The number of aromatic nitrogens is 4. The highest BCUT2D eigenvalue weighted by Gasteiger charge is 2.36. The summed E-state index contributed by atoms with van der Waals surface area (Å²) in [4.78, 5) is 33.0. The number of hydrogen-bond acceptors (Lipinski definition) is 4. The Labute approximate surface area is 163 Å². The summed E-state index contributed by atoms with van der Waals surface area (Å²) < 4.78 is 6.83. The molecular weight excluding hydrogens is 380 g/mol. The van der Waals surface area contributed by atoms with Crippen molar-refractivity contribution in [3.8, 4) is 5.95 Å². The molecule has 1 unspecified atom stereocenters. The number of benzene rings is 2. The summed E-state index contributed by atoms with van der Waals surface area (Å²) in [6.45, 7) is 3.64. The van der Waals surface area contributed by atoms with Gasteiger partial charge in [0.1, 0.15) is 0 Å². The van der Waals surface area contributed by atoms with Crippen molar-refractivity contribution in [2.24, 2.45) is 0 Å². The first-order chi connectivity index (χ1) is 13.5. The number of carbonyl (C=O) groups excluding carboxylic acids is 1. The number of aromatic amines is 2. The van der Waals surface area contributed by atoms with Crippen LogP contribution in [0.15, 0.2) is 41.2 Å². The van der Waals surface area contributed by atoms with E-state index in [-0.39, 0.29) is 5.56 Å². The van der Waals surface area contributed by atoms with E-state index < -0.39 is 12.1 Å². The number of cyclic esters (lactones) is 1. The van der Waals surface area contributed by atoms with E-state index in [1.165, 1.54) is 4.68 Å². The van der Waals surface area contributed by atoms with Crippen molar-refractivity contribution in [3.63, 3.8) is 0 Å². The average Bonchev–Trinajstić information content (AvgIpc) is 3.33. The number of nitrogens with zero attached hydrogens (tertiary/aromatic N) is 2. The molecular formula is C20H15ClN4O3. The van der Waals surface area contributed by atoms with Crippen LogP contribution in [0.3, 0.4) is 0 Å². The summed E-state index contributed by atoms with van der Waals surface area (Å²) in [6.07, 6.45) is -0.741. The van der Waals surface area contributed by atoms with E-state index in [9.17, 15) is 9.59 Å². The Kier molecular flexibility index (Phi) is 3.51. The Bertz CT molecular complexity index is 1330. The molecule has 140 valence electrons. The van der Waals surface area contributed by atoms with Gasteiger partial charge >= 0.3 is 5.97 Å². The van der Waals surface area contributed by atoms with Crippen LogP contribution in [-0.4, -0.2) is 25.7 Å². The van der Waals surface area contributed by atoms with Crippen LogP contribution >= 0.6 is 11.6 Å². The van der Waals surface area contributed by atoms with E-state index in [1.54, 1.807) is 31.2 Å². The molecule has 0 aliphatic carbocycles. The molecule has 0 saturated carbocycles. The molecule has 4 aromatic rings. The molecule has 1 aliphatic heterocycles. The van der Waals surface area contributed by atoms with Gasteiger partial charge in [0.05, 0.1) is 22.2 Å². The standard InChI is InChI=1S/C20H15ClN4O3/c1-9-13(21)7-8-14-16(9)23-20(22-14)25-18(26)15(10(2)24-25)17-11-5-3-4-6-12(11)19(27)28-17/h3-8,17,24H,1-2H3,(H,22,23). The van der Waals surface area contributed by atoms with Gasteiger partial charge in [-0.25, -0.2) is 9.78 Å². The largest absolute Gasteiger partial charge is 0.449 e. The highest BCUT2D eigenvalue weighted by atomic mass is 35.5. The Morgan fingerprint density at radius 1 is 1.14 bits per heavy atom. The molecule has 3 heterocycles. The van der Waals surface area contributed by atoms with Crippen molar-refractivity contribution >= 4 is 28.6 Å². The van der Waals surface area contributed by atoms with Crippen LogP contribution < -0.4 is 5.56 Å². The van der Waals surface area contributed by atoms with E-state index in [0.29, 0.717) is 38.9 Å². The number of fused-ring (bicyclic) bond motifs is 2. The second-order valence-corrected chi connectivity index (χ2v) is 7.20. The summed E-state index contributed by atoms with van der Waals surface area (Å²) in [6, 6.07) is 10.7. The van der Waals surface area contributed by atoms with Gasteiger partial charge in [0.2, 0.25) is 5.95 Å². The zero-order chi connectivity index (χ0) is 19.6. The third kappa shape index (κ3) is 2.26. The number of hydrogen-bond donors (Lipinski definition) is 2. The van der Waals surface area contributed by atoms with Crippen LogP contribution in [0.1, 0.15) is 38.8 Å². The first-order valence-electron chi connectivity index (χ1n) is 8.72. The number of esters is 1. The molecule has 0 spiro atoms. The second-order valence-electron chi connectivity index (χ2n) is 6.79. The molecule has 0 bridgehead atoms. The summed E-state index contributed by atoms with van der Waals surface area (Å²) in [5.41, 5.74) is 4.13. The number of carbonyl (C=O) groups is 1. The summed E-state index contributed by atoms with van der Waals surface area (Å²) in [5, 5.41) is 3.64. The third-order valence-electron chi connectivity index (χ3n) is 5.11. The van der Waals surface area contributed by atoms with Crippen LogP contribution in [0.5, 0.6) is 0 Å². The predicted molar refractivity (Wildman–Crippen MR) is 104 cm³/mol.